The first-order valence-electron chi connectivity index (χ1n) is 4.59. The van der Waals surface area contributed by atoms with Crippen molar-refractivity contribution in [2.75, 3.05) is 14.1 Å². The fourth-order valence-electron chi connectivity index (χ4n) is 1.38. The lowest BCUT2D eigenvalue weighted by atomic mass is 10.1. The molecule has 78 valence electrons. The van der Waals surface area contributed by atoms with Crippen molar-refractivity contribution >= 4 is 11.8 Å². The maximum Gasteiger partial charge on any atom is 0.266 e. The third kappa shape index (κ3) is 2.25. The Kier molecular flexibility index (Phi) is 3.50. The lowest BCUT2D eigenvalue weighted by Gasteiger charge is -2.23. The van der Waals surface area contributed by atoms with Gasteiger partial charge in [0.15, 0.2) is 0 Å². The average molecular weight is 197 g/mol. The minimum Gasteiger partial charge on any atom is -0.369 e. The summed E-state index contributed by atoms with van der Waals surface area (Å²) in [5.74, 6) is -0.266. The van der Waals surface area contributed by atoms with Gasteiger partial charge in [-0.3, -0.25) is 9.59 Å². The van der Waals surface area contributed by atoms with Crippen LogP contribution in [0.3, 0.4) is 0 Å². The van der Waals surface area contributed by atoms with E-state index in [1.54, 1.807) is 20.2 Å². The van der Waals surface area contributed by atoms with E-state index in [-0.39, 0.29) is 17.9 Å². The van der Waals surface area contributed by atoms with Crippen molar-refractivity contribution in [1.82, 2.24) is 16.0 Å². The minimum absolute atomic E-state index is 0.0838. The summed E-state index contributed by atoms with van der Waals surface area (Å²) in [6.45, 7) is 0. The Hall–Kier alpha value is -1.52. The molecule has 0 radical (unpaired) electrons. The van der Waals surface area contributed by atoms with Gasteiger partial charge >= 0.3 is 0 Å². The second-order valence-corrected chi connectivity index (χ2v) is 3.09. The van der Waals surface area contributed by atoms with E-state index in [4.69, 9.17) is 0 Å². The van der Waals surface area contributed by atoms with Crippen molar-refractivity contribution in [1.29, 1.82) is 0 Å². The lowest BCUT2D eigenvalue weighted by molar-refractivity contribution is -0.123. The van der Waals surface area contributed by atoms with Crippen LogP contribution in [-0.2, 0) is 9.59 Å². The van der Waals surface area contributed by atoms with Crippen molar-refractivity contribution < 1.29 is 9.59 Å². The van der Waals surface area contributed by atoms with Gasteiger partial charge in [0.05, 0.1) is 5.70 Å². The summed E-state index contributed by atoms with van der Waals surface area (Å²) in [6.07, 6.45) is 3.27. The highest BCUT2D eigenvalue weighted by atomic mass is 16.2. The molecule has 1 aliphatic heterocycles. The first-order chi connectivity index (χ1) is 6.69. The first kappa shape index (κ1) is 10.6. The van der Waals surface area contributed by atoms with E-state index < -0.39 is 0 Å². The van der Waals surface area contributed by atoms with Crippen molar-refractivity contribution in [2.45, 2.75) is 18.9 Å². The molecule has 3 N–H and O–H groups in total. The Balaban J connectivity index is 2.62. The Labute approximate surface area is 82.9 Å². The highest BCUT2D eigenvalue weighted by Crippen LogP contribution is 2.09. The molecule has 0 saturated carbocycles. The van der Waals surface area contributed by atoms with Crippen molar-refractivity contribution in [3.05, 3.63) is 11.8 Å². The van der Waals surface area contributed by atoms with E-state index in [0.717, 1.165) is 12.8 Å². The summed E-state index contributed by atoms with van der Waals surface area (Å²) >= 11 is 0. The van der Waals surface area contributed by atoms with E-state index in [9.17, 15) is 9.59 Å². The molecule has 2 amide bonds. The third-order valence-corrected chi connectivity index (χ3v) is 2.17. The van der Waals surface area contributed by atoms with Crippen LogP contribution < -0.4 is 16.0 Å². The standard InChI is InChI=1S/C9H15N3O2/c1-10-8(13)6-4-3-5-7(12-6)9(14)11-2/h4,7,12H,3,5H2,1-2H3,(H,10,13)(H,11,14). The molecule has 0 aromatic rings. The minimum atomic E-state index is -0.294. The summed E-state index contributed by atoms with van der Waals surface area (Å²) in [6, 6.07) is -0.294. The van der Waals surface area contributed by atoms with E-state index in [1.165, 1.54) is 0 Å². The van der Waals surface area contributed by atoms with Crippen LogP contribution in [0.1, 0.15) is 12.8 Å². The predicted octanol–water partition coefficient (Wildman–Crippen LogP) is -0.886. The number of carbonyl (C=O) groups excluding carboxylic acids is 2. The largest absolute Gasteiger partial charge is 0.369 e. The first-order valence-corrected chi connectivity index (χ1v) is 4.59. The predicted molar refractivity (Wildman–Crippen MR) is 52.4 cm³/mol. The zero-order valence-electron chi connectivity index (χ0n) is 8.39. The van der Waals surface area contributed by atoms with E-state index in [0.29, 0.717) is 5.70 Å². The second kappa shape index (κ2) is 4.64. The smallest absolute Gasteiger partial charge is 0.266 e. The lowest BCUT2D eigenvalue weighted by Crippen LogP contribution is -2.46. The van der Waals surface area contributed by atoms with Crippen LogP contribution in [0.25, 0.3) is 0 Å². The SMILES string of the molecule is CNC(=O)C1=CCCC(C(=O)NC)N1. The average Bonchev–Trinajstić information content (AvgIpc) is 2.27. The van der Waals surface area contributed by atoms with Gasteiger partial charge in [-0.25, -0.2) is 0 Å². The van der Waals surface area contributed by atoms with Gasteiger partial charge in [-0.2, -0.15) is 0 Å². The van der Waals surface area contributed by atoms with Gasteiger partial charge in [-0.05, 0) is 12.8 Å². The molecular formula is C9H15N3O2. The maximum atomic E-state index is 11.3. The van der Waals surface area contributed by atoms with E-state index in [2.05, 4.69) is 16.0 Å². The topological polar surface area (TPSA) is 70.2 Å². The van der Waals surface area contributed by atoms with Crippen LogP contribution in [0.15, 0.2) is 11.8 Å². The molecule has 1 aliphatic rings. The molecule has 5 nitrogen and oxygen atoms in total. The van der Waals surface area contributed by atoms with Gasteiger partial charge in [0.1, 0.15) is 6.04 Å². The molecule has 1 rings (SSSR count). The van der Waals surface area contributed by atoms with Crippen LogP contribution in [0.5, 0.6) is 0 Å². The number of carbonyl (C=O) groups is 2. The zero-order valence-corrected chi connectivity index (χ0v) is 8.39. The number of hydrogen-bond donors (Lipinski definition) is 3. The van der Waals surface area contributed by atoms with Crippen molar-refractivity contribution in [3.8, 4) is 0 Å². The third-order valence-electron chi connectivity index (χ3n) is 2.17. The molecule has 0 spiro atoms. The molecule has 0 saturated heterocycles. The van der Waals surface area contributed by atoms with Gasteiger partial charge in [-0.1, -0.05) is 6.08 Å². The van der Waals surface area contributed by atoms with E-state index in [1.807, 2.05) is 0 Å². The molecule has 14 heavy (non-hydrogen) atoms. The van der Waals surface area contributed by atoms with Crippen LogP contribution in [0.2, 0.25) is 0 Å². The van der Waals surface area contributed by atoms with Gasteiger partial charge in [0.2, 0.25) is 5.91 Å². The molecule has 0 aromatic heterocycles. The summed E-state index contributed by atoms with van der Waals surface area (Å²) in [7, 11) is 3.15. The van der Waals surface area contributed by atoms with E-state index >= 15 is 0 Å². The molecule has 1 unspecified atom stereocenters. The van der Waals surface area contributed by atoms with Crippen molar-refractivity contribution in [3.63, 3.8) is 0 Å². The van der Waals surface area contributed by atoms with Crippen LogP contribution >= 0.6 is 0 Å². The summed E-state index contributed by atoms with van der Waals surface area (Å²) in [4.78, 5) is 22.5. The zero-order chi connectivity index (χ0) is 10.6. The van der Waals surface area contributed by atoms with Crippen LogP contribution in [0.4, 0.5) is 0 Å². The normalized spacial score (nSPS) is 20.4. The highest BCUT2D eigenvalue weighted by molar-refractivity contribution is 5.94. The Morgan fingerprint density at radius 3 is 2.71 bits per heavy atom. The molecule has 0 bridgehead atoms. The molecular weight excluding hydrogens is 182 g/mol. The molecule has 0 aromatic carbocycles. The fourth-order valence-corrected chi connectivity index (χ4v) is 1.38. The van der Waals surface area contributed by atoms with Gasteiger partial charge in [0, 0.05) is 14.1 Å². The number of likely N-dealkylation sites (N-methyl/N-ethyl adjacent to an activating group) is 2. The Morgan fingerprint density at radius 1 is 1.43 bits per heavy atom. The molecule has 0 fully saturated rings. The molecule has 5 heteroatoms. The number of amides is 2. The number of allylic oxidation sites excluding steroid dienone is 1. The number of rotatable bonds is 2. The molecule has 0 aliphatic carbocycles. The fraction of sp³-hybridized carbons (Fsp3) is 0.556. The highest BCUT2D eigenvalue weighted by Gasteiger charge is 2.22. The van der Waals surface area contributed by atoms with Crippen LogP contribution in [0, 0.1) is 0 Å². The number of hydrogen-bond acceptors (Lipinski definition) is 3. The molecule has 1 heterocycles. The number of nitrogens with one attached hydrogen (secondary N) is 3. The quantitative estimate of drug-likeness (QED) is 0.538. The monoisotopic (exact) mass is 197 g/mol. The van der Waals surface area contributed by atoms with Gasteiger partial charge < -0.3 is 16.0 Å². The Bertz CT molecular complexity index is 273. The van der Waals surface area contributed by atoms with Crippen LogP contribution in [-0.4, -0.2) is 32.0 Å². The summed E-state index contributed by atoms with van der Waals surface area (Å²) in [5.41, 5.74) is 0.479. The summed E-state index contributed by atoms with van der Waals surface area (Å²) in [5, 5.41) is 7.95. The molecule has 1 atom stereocenters. The summed E-state index contributed by atoms with van der Waals surface area (Å²) < 4.78 is 0. The van der Waals surface area contributed by atoms with Gasteiger partial charge in [0.25, 0.3) is 5.91 Å². The second-order valence-electron chi connectivity index (χ2n) is 3.09. The van der Waals surface area contributed by atoms with Crippen molar-refractivity contribution in [2.24, 2.45) is 0 Å². The van der Waals surface area contributed by atoms with Gasteiger partial charge in [-0.15, -0.1) is 0 Å². The Morgan fingerprint density at radius 2 is 2.14 bits per heavy atom. The maximum absolute atomic E-state index is 11.3.